The molecule has 0 aliphatic rings. The van der Waals surface area contributed by atoms with E-state index in [0.29, 0.717) is 0 Å². The fraction of sp³-hybridized carbons (Fsp3) is 0.462. The minimum absolute atomic E-state index is 0.00866. The van der Waals surface area contributed by atoms with Crippen molar-refractivity contribution in [1.82, 2.24) is 5.32 Å². The number of amides is 1. The molecule has 0 aromatic heterocycles. The van der Waals surface area contributed by atoms with E-state index in [1.54, 1.807) is 0 Å². The van der Waals surface area contributed by atoms with Gasteiger partial charge < -0.3 is 5.32 Å². The molecule has 1 aromatic rings. The second-order valence-corrected chi connectivity index (χ2v) is 5.46. The van der Waals surface area contributed by atoms with E-state index in [1.165, 1.54) is 0 Å². The van der Waals surface area contributed by atoms with Crippen molar-refractivity contribution in [2.75, 3.05) is 0 Å². The van der Waals surface area contributed by atoms with Crippen LogP contribution in [-0.4, -0.2) is 11.4 Å². The number of halogens is 1. The molecule has 1 rings (SSSR count). The maximum absolute atomic E-state index is 12.1. The summed E-state index contributed by atoms with van der Waals surface area (Å²) in [5.74, 6) is -0.00866. The fourth-order valence-corrected chi connectivity index (χ4v) is 1.68. The smallest absolute Gasteiger partial charge is 0.251 e. The van der Waals surface area contributed by atoms with Crippen LogP contribution in [0.25, 0.3) is 0 Å². The molecule has 0 bridgehead atoms. The lowest BCUT2D eigenvalue weighted by molar-refractivity contribution is 0.0910. The molecule has 0 radical (unpaired) electrons. The molecular weight excluding hydrogens is 266 g/mol. The SMILES string of the molecule is CCC(C)(C)NC(=O)c1cccc(Br)c1C. The Labute approximate surface area is 106 Å². The molecule has 0 spiro atoms. The summed E-state index contributed by atoms with van der Waals surface area (Å²) in [7, 11) is 0. The summed E-state index contributed by atoms with van der Waals surface area (Å²) in [6.07, 6.45) is 0.909. The third-order valence-electron chi connectivity index (χ3n) is 2.85. The van der Waals surface area contributed by atoms with E-state index in [9.17, 15) is 4.79 Å². The van der Waals surface area contributed by atoms with E-state index >= 15 is 0 Å². The normalized spacial score (nSPS) is 11.3. The molecule has 0 aliphatic heterocycles. The van der Waals surface area contributed by atoms with Gasteiger partial charge in [0.15, 0.2) is 0 Å². The first kappa shape index (κ1) is 13.2. The van der Waals surface area contributed by atoms with Gasteiger partial charge >= 0.3 is 0 Å². The van der Waals surface area contributed by atoms with Crippen molar-refractivity contribution < 1.29 is 4.79 Å². The van der Waals surface area contributed by atoms with Crippen LogP contribution >= 0.6 is 15.9 Å². The number of nitrogens with one attached hydrogen (secondary N) is 1. The van der Waals surface area contributed by atoms with Crippen LogP contribution in [0.15, 0.2) is 22.7 Å². The topological polar surface area (TPSA) is 29.1 Å². The first-order valence-corrected chi connectivity index (χ1v) is 6.24. The monoisotopic (exact) mass is 283 g/mol. The molecule has 0 saturated heterocycles. The Bertz CT molecular complexity index is 399. The van der Waals surface area contributed by atoms with Crippen molar-refractivity contribution >= 4 is 21.8 Å². The number of benzene rings is 1. The Morgan fingerprint density at radius 2 is 2.06 bits per heavy atom. The molecular formula is C13H18BrNO. The molecule has 88 valence electrons. The maximum Gasteiger partial charge on any atom is 0.251 e. The van der Waals surface area contributed by atoms with Crippen LogP contribution in [0.4, 0.5) is 0 Å². The molecule has 1 N–H and O–H groups in total. The van der Waals surface area contributed by atoms with Crippen LogP contribution in [0.1, 0.15) is 43.1 Å². The van der Waals surface area contributed by atoms with Crippen molar-refractivity contribution in [2.24, 2.45) is 0 Å². The van der Waals surface area contributed by atoms with Crippen LogP contribution in [0.3, 0.4) is 0 Å². The second-order valence-electron chi connectivity index (χ2n) is 4.60. The van der Waals surface area contributed by atoms with Gasteiger partial charge in [-0.25, -0.2) is 0 Å². The van der Waals surface area contributed by atoms with Gasteiger partial charge in [0.25, 0.3) is 5.91 Å². The molecule has 0 heterocycles. The Hall–Kier alpha value is -0.830. The summed E-state index contributed by atoms with van der Waals surface area (Å²) in [6.45, 7) is 8.06. The Balaban J connectivity index is 2.94. The number of hydrogen-bond acceptors (Lipinski definition) is 1. The largest absolute Gasteiger partial charge is 0.347 e. The molecule has 0 unspecified atom stereocenters. The standard InChI is InChI=1S/C13H18BrNO/c1-5-13(3,4)15-12(16)10-7-6-8-11(14)9(10)2/h6-8H,5H2,1-4H3,(H,15,16). The third-order valence-corrected chi connectivity index (χ3v) is 3.71. The number of hydrogen-bond donors (Lipinski definition) is 1. The minimum atomic E-state index is -0.161. The van der Waals surface area contributed by atoms with Gasteiger partial charge in [0, 0.05) is 15.6 Å². The first-order chi connectivity index (χ1) is 7.37. The minimum Gasteiger partial charge on any atom is -0.347 e. The van der Waals surface area contributed by atoms with Crippen molar-refractivity contribution in [3.63, 3.8) is 0 Å². The van der Waals surface area contributed by atoms with E-state index in [1.807, 2.05) is 39.0 Å². The maximum atomic E-state index is 12.1. The molecule has 0 aliphatic carbocycles. The molecule has 1 aromatic carbocycles. The van der Waals surface area contributed by atoms with Gasteiger partial charge in [-0.1, -0.05) is 28.9 Å². The lowest BCUT2D eigenvalue weighted by Crippen LogP contribution is -2.43. The zero-order valence-electron chi connectivity index (χ0n) is 10.2. The van der Waals surface area contributed by atoms with Crippen molar-refractivity contribution in [3.8, 4) is 0 Å². The predicted octanol–water partition coefficient (Wildman–Crippen LogP) is 3.68. The molecule has 0 fully saturated rings. The van der Waals surface area contributed by atoms with Crippen LogP contribution in [0, 0.1) is 6.92 Å². The second kappa shape index (κ2) is 5.00. The van der Waals surface area contributed by atoms with Crippen molar-refractivity contribution in [2.45, 2.75) is 39.7 Å². The zero-order chi connectivity index (χ0) is 12.3. The van der Waals surface area contributed by atoms with Crippen molar-refractivity contribution in [1.29, 1.82) is 0 Å². The van der Waals surface area contributed by atoms with Crippen LogP contribution in [0.5, 0.6) is 0 Å². The quantitative estimate of drug-likeness (QED) is 0.901. The highest BCUT2D eigenvalue weighted by Gasteiger charge is 2.20. The fourth-order valence-electron chi connectivity index (χ4n) is 1.32. The molecule has 16 heavy (non-hydrogen) atoms. The van der Waals surface area contributed by atoms with Gasteiger partial charge in [0.2, 0.25) is 0 Å². The number of carbonyl (C=O) groups is 1. The number of rotatable bonds is 3. The molecule has 0 atom stereocenters. The Morgan fingerprint density at radius 1 is 1.44 bits per heavy atom. The highest BCUT2D eigenvalue weighted by molar-refractivity contribution is 9.10. The van der Waals surface area contributed by atoms with E-state index in [2.05, 4.69) is 28.2 Å². The van der Waals surface area contributed by atoms with E-state index < -0.39 is 0 Å². The lowest BCUT2D eigenvalue weighted by Gasteiger charge is -2.25. The highest BCUT2D eigenvalue weighted by atomic mass is 79.9. The summed E-state index contributed by atoms with van der Waals surface area (Å²) in [4.78, 5) is 12.1. The van der Waals surface area contributed by atoms with Gasteiger partial charge in [-0.05, 0) is 44.9 Å². The predicted molar refractivity (Wildman–Crippen MR) is 70.7 cm³/mol. The van der Waals surface area contributed by atoms with Gasteiger partial charge in [0.1, 0.15) is 0 Å². The highest BCUT2D eigenvalue weighted by Crippen LogP contribution is 2.20. The molecule has 1 amide bonds. The van der Waals surface area contributed by atoms with Crippen molar-refractivity contribution in [3.05, 3.63) is 33.8 Å². The van der Waals surface area contributed by atoms with E-state index in [4.69, 9.17) is 0 Å². The lowest BCUT2D eigenvalue weighted by atomic mass is 10.0. The zero-order valence-corrected chi connectivity index (χ0v) is 11.8. The van der Waals surface area contributed by atoms with Gasteiger partial charge in [-0.3, -0.25) is 4.79 Å². The van der Waals surface area contributed by atoms with Crippen LogP contribution in [0.2, 0.25) is 0 Å². The molecule has 0 saturated carbocycles. The third kappa shape index (κ3) is 3.08. The first-order valence-electron chi connectivity index (χ1n) is 5.45. The van der Waals surface area contributed by atoms with Gasteiger partial charge in [-0.15, -0.1) is 0 Å². The molecule has 2 nitrogen and oxygen atoms in total. The Kier molecular flexibility index (Phi) is 4.14. The molecule has 3 heteroatoms. The average molecular weight is 284 g/mol. The van der Waals surface area contributed by atoms with E-state index in [0.717, 1.165) is 22.0 Å². The van der Waals surface area contributed by atoms with E-state index in [-0.39, 0.29) is 11.4 Å². The van der Waals surface area contributed by atoms with Crippen LogP contribution < -0.4 is 5.32 Å². The number of carbonyl (C=O) groups excluding carboxylic acids is 1. The summed E-state index contributed by atoms with van der Waals surface area (Å²) < 4.78 is 0.967. The summed E-state index contributed by atoms with van der Waals surface area (Å²) in [5, 5.41) is 3.03. The summed E-state index contributed by atoms with van der Waals surface area (Å²) in [6, 6.07) is 5.67. The summed E-state index contributed by atoms with van der Waals surface area (Å²) >= 11 is 3.43. The van der Waals surface area contributed by atoms with Crippen LogP contribution in [-0.2, 0) is 0 Å². The van der Waals surface area contributed by atoms with Gasteiger partial charge in [-0.2, -0.15) is 0 Å². The Morgan fingerprint density at radius 3 is 2.62 bits per heavy atom. The van der Waals surface area contributed by atoms with Gasteiger partial charge in [0.05, 0.1) is 0 Å². The average Bonchev–Trinajstić information content (AvgIpc) is 2.21. The summed E-state index contributed by atoms with van der Waals surface area (Å²) in [5.41, 5.74) is 1.55.